The lowest BCUT2D eigenvalue weighted by Crippen LogP contribution is -2.43. The van der Waals surface area contributed by atoms with Crippen molar-refractivity contribution in [1.82, 2.24) is 20.0 Å². The van der Waals surface area contributed by atoms with E-state index in [1.54, 1.807) is 6.20 Å². The van der Waals surface area contributed by atoms with Gasteiger partial charge in [0.05, 0.1) is 0 Å². The van der Waals surface area contributed by atoms with Crippen molar-refractivity contribution in [2.24, 2.45) is 5.92 Å². The van der Waals surface area contributed by atoms with Crippen molar-refractivity contribution >= 4 is 5.91 Å². The predicted octanol–water partition coefficient (Wildman–Crippen LogP) is 1.51. The van der Waals surface area contributed by atoms with Crippen LogP contribution in [-0.4, -0.2) is 46.3 Å². The molecule has 1 saturated heterocycles. The van der Waals surface area contributed by atoms with Gasteiger partial charge < -0.3 is 10.2 Å². The fourth-order valence-corrected chi connectivity index (χ4v) is 2.70. The summed E-state index contributed by atoms with van der Waals surface area (Å²) in [6.07, 6.45) is 6.58. The van der Waals surface area contributed by atoms with Crippen LogP contribution in [0.4, 0.5) is 0 Å². The molecule has 20 heavy (non-hydrogen) atoms. The summed E-state index contributed by atoms with van der Waals surface area (Å²) < 4.78 is 1.82. The van der Waals surface area contributed by atoms with E-state index in [1.807, 2.05) is 21.8 Å². The molecular formula is C15H26N4O. The average Bonchev–Trinajstić information content (AvgIpc) is 3.07. The largest absolute Gasteiger partial charge is 0.341 e. The molecule has 0 spiro atoms. The number of rotatable bonds is 7. The minimum atomic E-state index is 0.239. The van der Waals surface area contributed by atoms with Gasteiger partial charge in [0.2, 0.25) is 5.91 Å². The minimum Gasteiger partial charge on any atom is -0.341 e. The molecule has 1 fully saturated rings. The van der Waals surface area contributed by atoms with Gasteiger partial charge in [0, 0.05) is 44.5 Å². The van der Waals surface area contributed by atoms with Crippen LogP contribution in [0.2, 0.25) is 0 Å². The van der Waals surface area contributed by atoms with Crippen LogP contribution in [0.5, 0.6) is 0 Å². The van der Waals surface area contributed by atoms with Gasteiger partial charge in [-0.05, 0) is 31.4 Å². The smallest absolute Gasteiger partial charge is 0.224 e. The monoisotopic (exact) mass is 278 g/mol. The molecule has 0 bridgehead atoms. The zero-order chi connectivity index (χ0) is 14.4. The van der Waals surface area contributed by atoms with Crippen molar-refractivity contribution in [3.05, 3.63) is 18.5 Å². The Balaban J connectivity index is 1.85. The van der Waals surface area contributed by atoms with E-state index < -0.39 is 0 Å². The van der Waals surface area contributed by atoms with Crippen LogP contribution in [0.25, 0.3) is 0 Å². The predicted molar refractivity (Wildman–Crippen MR) is 79.3 cm³/mol. The van der Waals surface area contributed by atoms with Crippen molar-refractivity contribution in [2.45, 2.75) is 45.7 Å². The first-order valence-corrected chi connectivity index (χ1v) is 7.63. The van der Waals surface area contributed by atoms with Gasteiger partial charge in [0.1, 0.15) is 0 Å². The van der Waals surface area contributed by atoms with Crippen molar-refractivity contribution in [3.8, 4) is 0 Å². The van der Waals surface area contributed by atoms with Crippen molar-refractivity contribution in [3.63, 3.8) is 0 Å². The molecule has 1 aliphatic rings. The summed E-state index contributed by atoms with van der Waals surface area (Å²) in [4.78, 5) is 14.4. The molecule has 0 aromatic carbocycles. The molecule has 1 atom stereocenters. The summed E-state index contributed by atoms with van der Waals surface area (Å²) in [5.41, 5.74) is 0. The topological polar surface area (TPSA) is 50.2 Å². The van der Waals surface area contributed by atoms with E-state index in [1.165, 1.54) is 12.8 Å². The van der Waals surface area contributed by atoms with Crippen LogP contribution in [0.3, 0.4) is 0 Å². The van der Waals surface area contributed by atoms with Crippen molar-refractivity contribution < 1.29 is 4.79 Å². The number of hydrogen-bond acceptors (Lipinski definition) is 3. The number of nitrogens with zero attached hydrogens (tertiary/aromatic N) is 3. The highest BCUT2D eigenvalue weighted by Crippen LogP contribution is 2.10. The van der Waals surface area contributed by atoms with Crippen LogP contribution in [-0.2, 0) is 11.3 Å². The Hall–Kier alpha value is -1.36. The fraction of sp³-hybridized carbons (Fsp3) is 0.733. The molecule has 1 aromatic rings. The third-order valence-electron chi connectivity index (χ3n) is 3.66. The summed E-state index contributed by atoms with van der Waals surface area (Å²) in [6, 6.07) is 2.36. The highest BCUT2D eigenvalue weighted by Gasteiger charge is 2.21. The van der Waals surface area contributed by atoms with E-state index in [4.69, 9.17) is 0 Å². The van der Waals surface area contributed by atoms with Gasteiger partial charge in [-0.1, -0.05) is 13.8 Å². The summed E-state index contributed by atoms with van der Waals surface area (Å²) in [5, 5.41) is 7.62. The number of nitrogens with one attached hydrogen (secondary N) is 1. The lowest BCUT2D eigenvalue weighted by Gasteiger charge is -2.27. The van der Waals surface area contributed by atoms with Gasteiger partial charge in [-0.15, -0.1) is 0 Å². The number of carbonyl (C=O) groups is 1. The molecule has 2 heterocycles. The Morgan fingerprint density at radius 3 is 3.00 bits per heavy atom. The molecule has 1 aromatic heterocycles. The molecule has 5 nitrogen and oxygen atoms in total. The first-order valence-electron chi connectivity index (χ1n) is 7.63. The molecule has 5 heteroatoms. The SMILES string of the molecule is CC(C)CN(CC1CCCN1)C(=O)CCn1cccn1. The molecule has 112 valence electrons. The third-order valence-corrected chi connectivity index (χ3v) is 3.66. The van der Waals surface area contributed by atoms with Crippen molar-refractivity contribution in [2.75, 3.05) is 19.6 Å². The van der Waals surface area contributed by atoms with E-state index in [2.05, 4.69) is 24.3 Å². The van der Waals surface area contributed by atoms with Gasteiger partial charge in [-0.3, -0.25) is 9.48 Å². The van der Waals surface area contributed by atoms with Gasteiger partial charge in [0.25, 0.3) is 0 Å². The lowest BCUT2D eigenvalue weighted by molar-refractivity contribution is -0.132. The number of carbonyl (C=O) groups excluding carboxylic acids is 1. The molecule has 1 aliphatic heterocycles. The molecule has 1 amide bonds. The normalized spacial score (nSPS) is 18.6. The summed E-state index contributed by atoms with van der Waals surface area (Å²) in [6.45, 7) is 7.76. The standard InChI is InChI=1S/C15H26N4O/c1-13(2)11-18(12-14-5-3-7-16-14)15(20)6-10-19-9-4-8-17-19/h4,8-9,13-14,16H,3,5-7,10-12H2,1-2H3. The first kappa shape index (κ1) is 15.0. The Kier molecular flexibility index (Phi) is 5.59. The van der Waals surface area contributed by atoms with Crippen LogP contribution in [0.15, 0.2) is 18.5 Å². The lowest BCUT2D eigenvalue weighted by atomic mass is 10.1. The Morgan fingerprint density at radius 1 is 1.55 bits per heavy atom. The molecule has 0 saturated carbocycles. The summed E-state index contributed by atoms with van der Waals surface area (Å²) in [5.74, 6) is 0.743. The third kappa shape index (κ3) is 4.63. The number of aromatic nitrogens is 2. The van der Waals surface area contributed by atoms with Gasteiger partial charge in [-0.25, -0.2) is 0 Å². The van der Waals surface area contributed by atoms with E-state index in [-0.39, 0.29) is 5.91 Å². The maximum absolute atomic E-state index is 12.4. The Morgan fingerprint density at radius 2 is 2.40 bits per heavy atom. The summed E-state index contributed by atoms with van der Waals surface area (Å²) in [7, 11) is 0. The number of hydrogen-bond donors (Lipinski definition) is 1. The Labute approximate surface area is 121 Å². The molecule has 1 N–H and O–H groups in total. The Bertz CT molecular complexity index is 396. The van der Waals surface area contributed by atoms with E-state index in [9.17, 15) is 4.79 Å². The molecule has 0 aliphatic carbocycles. The van der Waals surface area contributed by atoms with Crippen LogP contribution < -0.4 is 5.32 Å². The van der Waals surface area contributed by atoms with Crippen LogP contribution in [0, 0.1) is 5.92 Å². The van der Waals surface area contributed by atoms with E-state index >= 15 is 0 Å². The quantitative estimate of drug-likeness (QED) is 0.822. The molecule has 1 unspecified atom stereocenters. The first-order chi connectivity index (χ1) is 9.65. The maximum Gasteiger partial charge on any atom is 0.224 e. The second-order valence-corrected chi connectivity index (χ2v) is 6.00. The van der Waals surface area contributed by atoms with Gasteiger partial charge >= 0.3 is 0 Å². The van der Waals surface area contributed by atoms with Gasteiger partial charge in [0.15, 0.2) is 0 Å². The number of amides is 1. The fourth-order valence-electron chi connectivity index (χ4n) is 2.70. The molecule has 0 radical (unpaired) electrons. The minimum absolute atomic E-state index is 0.239. The van der Waals surface area contributed by atoms with Crippen molar-refractivity contribution in [1.29, 1.82) is 0 Å². The zero-order valence-electron chi connectivity index (χ0n) is 12.6. The highest BCUT2D eigenvalue weighted by molar-refractivity contribution is 5.76. The summed E-state index contributed by atoms with van der Waals surface area (Å²) >= 11 is 0. The van der Waals surface area contributed by atoms with Crippen LogP contribution >= 0.6 is 0 Å². The van der Waals surface area contributed by atoms with E-state index in [0.29, 0.717) is 24.9 Å². The maximum atomic E-state index is 12.4. The van der Waals surface area contributed by atoms with Crippen LogP contribution in [0.1, 0.15) is 33.1 Å². The average molecular weight is 278 g/mol. The number of aryl methyl sites for hydroxylation is 1. The second-order valence-electron chi connectivity index (χ2n) is 6.00. The second kappa shape index (κ2) is 7.43. The highest BCUT2D eigenvalue weighted by atomic mass is 16.2. The van der Waals surface area contributed by atoms with E-state index in [0.717, 1.165) is 19.6 Å². The molecule has 2 rings (SSSR count). The zero-order valence-corrected chi connectivity index (χ0v) is 12.6. The molecular weight excluding hydrogens is 252 g/mol. The van der Waals surface area contributed by atoms with Gasteiger partial charge in [-0.2, -0.15) is 5.10 Å².